The number of carbonyl (C=O) groups is 1. The molecule has 0 aromatic heterocycles. The Morgan fingerprint density at radius 3 is 2.78 bits per heavy atom. The molecule has 2 rings (SSSR count). The van der Waals surface area contributed by atoms with Crippen LogP contribution in [0.4, 0.5) is 4.79 Å². The molecule has 1 N–H and O–H groups in total. The number of nitrogens with one attached hydrogen (secondary N) is 1. The first-order valence-electron chi connectivity index (χ1n) is 6.23. The zero-order chi connectivity index (χ0) is 12.8. The molecule has 4 heteroatoms. The van der Waals surface area contributed by atoms with E-state index in [1.54, 1.807) is 6.20 Å². The highest BCUT2D eigenvalue weighted by Gasteiger charge is 2.14. The molecule has 0 aliphatic carbocycles. The molecule has 0 radical (unpaired) electrons. The van der Waals surface area contributed by atoms with E-state index in [4.69, 9.17) is 11.6 Å². The maximum Gasteiger partial charge on any atom is 0.321 e. The van der Waals surface area contributed by atoms with Crippen molar-refractivity contribution in [3.8, 4) is 0 Å². The molecule has 2 amide bonds. The fraction of sp³-hybridized carbons (Fsp3) is 0.357. The van der Waals surface area contributed by atoms with Gasteiger partial charge in [0.2, 0.25) is 0 Å². The van der Waals surface area contributed by atoms with Crippen molar-refractivity contribution in [2.24, 2.45) is 0 Å². The molecule has 0 bridgehead atoms. The fourth-order valence-electron chi connectivity index (χ4n) is 2.01. The van der Waals surface area contributed by atoms with Gasteiger partial charge in [-0.3, -0.25) is 0 Å². The first-order chi connectivity index (χ1) is 8.75. The lowest BCUT2D eigenvalue weighted by Crippen LogP contribution is -2.40. The normalized spacial score (nSPS) is 15.9. The lowest BCUT2D eigenvalue weighted by Gasteiger charge is -2.26. The van der Waals surface area contributed by atoms with Gasteiger partial charge in [0, 0.05) is 24.3 Å². The highest BCUT2D eigenvalue weighted by atomic mass is 35.5. The molecule has 3 nitrogen and oxygen atoms in total. The number of halogens is 1. The first kappa shape index (κ1) is 13.0. The SMILES string of the molecule is O=C(N/C=C/c1cccc(Cl)c1)N1CCCCC1. The van der Waals surface area contributed by atoms with Gasteiger partial charge in [0.05, 0.1) is 0 Å². The van der Waals surface area contributed by atoms with Crippen LogP contribution in [0.3, 0.4) is 0 Å². The van der Waals surface area contributed by atoms with Gasteiger partial charge in [-0.05, 0) is 43.0 Å². The van der Waals surface area contributed by atoms with Gasteiger partial charge in [-0.25, -0.2) is 4.79 Å². The smallest absolute Gasteiger partial charge is 0.321 e. The van der Waals surface area contributed by atoms with Gasteiger partial charge in [0.15, 0.2) is 0 Å². The predicted octanol–water partition coefficient (Wildman–Crippen LogP) is 3.51. The predicted molar refractivity (Wildman–Crippen MR) is 74.4 cm³/mol. The van der Waals surface area contributed by atoms with E-state index in [0.717, 1.165) is 31.5 Å². The zero-order valence-electron chi connectivity index (χ0n) is 10.2. The zero-order valence-corrected chi connectivity index (χ0v) is 11.0. The maximum absolute atomic E-state index is 11.8. The second kappa shape index (κ2) is 6.45. The third-order valence-electron chi connectivity index (χ3n) is 2.97. The van der Waals surface area contributed by atoms with Gasteiger partial charge in [-0.15, -0.1) is 0 Å². The van der Waals surface area contributed by atoms with E-state index in [1.807, 2.05) is 35.2 Å². The molecule has 0 spiro atoms. The van der Waals surface area contributed by atoms with E-state index < -0.39 is 0 Å². The summed E-state index contributed by atoms with van der Waals surface area (Å²) in [5.74, 6) is 0. The Kier molecular flexibility index (Phi) is 4.65. The number of hydrogen-bond acceptors (Lipinski definition) is 1. The van der Waals surface area contributed by atoms with Crippen molar-refractivity contribution >= 4 is 23.7 Å². The number of amides is 2. The lowest BCUT2D eigenvalue weighted by atomic mass is 10.1. The Bertz CT molecular complexity index is 439. The third-order valence-corrected chi connectivity index (χ3v) is 3.21. The number of nitrogens with zero attached hydrogens (tertiary/aromatic N) is 1. The van der Waals surface area contributed by atoms with E-state index in [0.29, 0.717) is 5.02 Å². The summed E-state index contributed by atoms with van der Waals surface area (Å²) in [5, 5.41) is 3.48. The molecule has 1 aromatic rings. The summed E-state index contributed by atoms with van der Waals surface area (Å²) in [4.78, 5) is 13.6. The van der Waals surface area contributed by atoms with Gasteiger partial charge in [0.25, 0.3) is 0 Å². The van der Waals surface area contributed by atoms with Gasteiger partial charge in [0.1, 0.15) is 0 Å². The summed E-state index contributed by atoms with van der Waals surface area (Å²) in [5.41, 5.74) is 0.974. The molecule has 0 atom stereocenters. The number of rotatable bonds is 2. The molecule has 1 aliphatic rings. The first-order valence-corrected chi connectivity index (χ1v) is 6.61. The molecular formula is C14H17ClN2O. The average molecular weight is 265 g/mol. The van der Waals surface area contributed by atoms with Crippen molar-refractivity contribution in [3.05, 3.63) is 41.1 Å². The fourth-order valence-corrected chi connectivity index (χ4v) is 2.21. The van der Waals surface area contributed by atoms with Gasteiger partial charge in [-0.2, -0.15) is 0 Å². The number of likely N-dealkylation sites (tertiary alicyclic amines) is 1. The van der Waals surface area contributed by atoms with Crippen LogP contribution in [-0.4, -0.2) is 24.0 Å². The summed E-state index contributed by atoms with van der Waals surface area (Å²) in [7, 11) is 0. The summed E-state index contributed by atoms with van der Waals surface area (Å²) in [6.07, 6.45) is 6.94. The standard InChI is InChI=1S/C14H17ClN2O/c15-13-6-4-5-12(11-13)7-8-16-14(18)17-9-2-1-3-10-17/h4-8,11H,1-3,9-10H2,(H,16,18)/b8-7+. The number of benzene rings is 1. The molecule has 1 aliphatic heterocycles. The Hall–Kier alpha value is -1.48. The van der Waals surface area contributed by atoms with Crippen molar-refractivity contribution in [3.63, 3.8) is 0 Å². The van der Waals surface area contributed by atoms with Crippen LogP contribution in [0, 0.1) is 0 Å². The molecule has 0 unspecified atom stereocenters. The summed E-state index contributed by atoms with van der Waals surface area (Å²) in [6, 6.07) is 7.48. The number of hydrogen-bond donors (Lipinski definition) is 1. The second-order valence-corrected chi connectivity index (χ2v) is 4.82. The molecule has 1 saturated heterocycles. The van der Waals surface area contributed by atoms with Crippen LogP contribution in [0.15, 0.2) is 30.5 Å². The van der Waals surface area contributed by atoms with Crippen LogP contribution in [0.5, 0.6) is 0 Å². The van der Waals surface area contributed by atoms with Crippen molar-refractivity contribution in [1.82, 2.24) is 10.2 Å². The van der Waals surface area contributed by atoms with Crippen LogP contribution in [-0.2, 0) is 0 Å². The van der Waals surface area contributed by atoms with Gasteiger partial charge >= 0.3 is 6.03 Å². The molecule has 1 fully saturated rings. The average Bonchev–Trinajstić information content (AvgIpc) is 2.40. The minimum Gasteiger partial charge on any atom is -0.325 e. The van der Waals surface area contributed by atoms with Crippen LogP contribution < -0.4 is 5.32 Å². The number of piperidine rings is 1. The molecule has 18 heavy (non-hydrogen) atoms. The minimum absolute atomic E-state index is 0.0204. The van der Waals surface area contributed by atoms with E-state index in [9.17, 15) is 4.79 Å². The molecule has 96 valence electrons. The van der Waals surface area contributed by atoms with E-state index in [1.165, 1.54) is 6.42 Å². The van der Waals surface area contributed by atoms with E-state index in [2.05, 4.69) is 5.32 Å². The van der Waals surface area contributed by atoms with Crippen LogP contribution in [0.2, 0.25) is 5.02 Å². The molecule has 1 aromatic carbocycles. The third kappa shape index (κ3) is 3.77. The van der Waals surface area contributed by atoms with E-state index >= 15 is 0 Å². The maximum atomic E-state index is 11.8. The Morgan fingerprint density at radius 1 is 1.28 bits per heavy atom. The minimum atomic E-state index is -0.0204. The quantitative estimate of drug-likeness (QED) is 0.871. The number of carbonyl (C=O) groups excluding carboxylic acids is 1. The molecular weight excluding hydrogens is 248 g/mol. The Balaban J connectivity index is 1.85. The van der Waals surface area contributed by atoms with E-state index in [-0.39, 0.29) is 6.03 Å². The summed E-state index contributed by atoms with van der Waals surface area (Å²) >= 11 is 5.88. The topological polar surface area (TPSA) is 32.3 Å². The lowest BCUT2D eigenvalue weighted by molar-refractivity contribution is 0.190. The van der Waals surface area contributed by atoms with Crippen molar-refractivity contribution in [2.45, 2.75) is 19.3 Å². The summed E-state index contributed by atoms with van der Waals surface area (Å²) in [6.45, 7) is 1.72. The van der Waals surface area contributed by atoms with Crippen LogP contribution >= 0.6 is 11.6 Å². The molecule has 1 heterocycles. The molecule has 0 saturated carbocycles. The van der Waals surface area contributed by atoms with Crippen molar-refractivity contribution in [2.75, 3.05) is 13.1 Å². The van der Waals surface area contributed by atoms with Gasteiger partial charge in [-0.1, -0.05) is 23.7 Å². The highest BCUT2D eigenvalue weighted by molar-refractivity contribution is 6.30. The largest absolute Gasteiger partial charge is 0.325 e. The van der Waals surface area contributed by atoms with Crippen LogP contribution in [0.25, 0.3) is 6.08 Å². The van der Waals surface area contributed by atoms with Crippen molar-refractivity contribution < 1.29 is 4.79 Å². The number of urea groups is 1. The summed E-state index contributed by atoms with van der Waals surface area (Å²) < 4.78 is 0. The Labute approximate surface area is 112 Å². The highest BCUT2D eigenvalue weighted by Crippen LogP contribution is 2.12. The monoisotopic (exact) mass is 264 g/mol. The van der Waals surface area contributed by atoms with Gasteiger partial charge < -0.3 is 10.2 Å². The van der Waals surface area contributed by atoms with Crippen LogP contribution in [0.1, 0.15) is 24.8 Å². The van der Waals surface area contributed by atoms with Crippen molar-refractivity contribution in [1.29, 1.82) is 0 Å². The Morgan fingerprint density at radius 2 is 2.06 bits per heavy atom. The second-order valence-electron chi connectivity index (χ2n) is 4.39.